The Morgan fingerprint density at radius 1 is 1.33 bits per heavy atom. The molecule has 3 aromatic rings. The minimum Gasteiger partial charge on any atom is -0.487 e. The molecule has 6 nitrogen and oxygen atoms in total. The van der Waals surface area contributed by atoms with E-state index in [1.165, 1.54) is 0 Å². The molecule has 0 saturated carbocycles. The highest BCUT2D eigenvalue weighted by Crippen LogP contribution is 2.29. The van der Waals surface area contributed by atoms with E-state index in [1.54, 1.807) is 0 Å². The molecule has 1 saturated heterocycles. The van der Waals surface area contributed by atoms with Gasteiger partial charge in [0.15, 0.2) is 0 Å². The van der Waals surface area contributed by atoms with Gasteiger partial charge < -0.3 is 19.8 Å². The minimum absolute atomic E-state index is 0.0996. The number of ether oxygens (including phenoxy) is 1. The summed E-state index contributed by atoms with van der Waals surface area (Å²) in [7, 11) is 0. The topological polar surface area (TPSA) is 76.4 Å². The lowest BCUT2D eigenvalue weighted by Gasteiger charge is -2.11. The van der Waals surface area contributed by atoms with E-state index in [0.29, 0.717) is 29.3 Å². The van der Waals surface area contributed by atoms with E-state index in [1.807, 2.05) is 50.2 Å². The second-order valence-corrected chi connectivity index (χ2v) is 6.91. The Kier molecular flexibility index (Phi) is 4.81. The SMILES string of the molecule is Cc1cccc(COc2ccc3oc(C)c(C(=O)N[C@H]4CCNC4)c3c2)n1. The van der Waals surface area contributed by atoms with Crippen LogP contribution in [0.1, 0.15) is 33.9 Å². The van der Waals surface area contributed by atoms with Crippen molar-refractivity contribution in [1.29, 1.82) is 0 Å². The van der Waals surface area contributed by atoms with Crippen molar-refractivity contribution in [2.75, 3.05) is 13.1 Å². The molecular formula is C21H23N3O3. The van der Waals surface area contributed by atoms with Gasteiger partial charge in [0.25, 0.3) is 5.91 Å². The third-order valence-electron chi connectivity index (χ3n) is 4.79. The number of pyridine rings is 1. The predicted octanol–water partition coefficient (Wildman–Crippen LogP) is 3.12. The fourth-order valence-electron chi connectivity index (χ4n) is 3.44. The normalized spacial score (nSPS) is 16.6. The Morgan fingerprint density at radius 3 is 3.00 bits per heavy atom. The first-order valence-electron chi connectivity index (χ1n) is 9.20. The zero-order valence-corrected chi connectivity index (χ0v) is 15.5. The molecule has 4 rings (SSSR count). The first-order chi connectivity index (χ1) is 13.1. The minimum atomic E-state index is -0.0996. The summed E-state index contributed by atoms with van der Waals surface area (Å²) in [6.07, 6.45) is 0.943. The summed E-state index contributed by atoms with van der Waals surface area (Å²) in [5.41, 5.74) is 3.09. The fraction of sp³-hybridized carbons (Fsp3) is 0.333. The number of aromatic nitrogens is 1. The van der Waals surface area contributed by atoms with E-state index >= 15 is 0 Å². The largest absolute Gasteiger partial charge is 0.487 e. The number of nitrogens with one attached hydrogen (secondary N) is 2. The maximum Gasteiger partial charge on any atom is 0.255 e. The molecule has 0 bridgehead atoms. The number of rotatable bonds is 5. The highest BCUT2D eigenvalue weighted by molar-refractivity contribution is 6.07. The molecule has 1 atom stereocenters. The smallest absolute Gasteiger partial charge is 0.255 e. The van der Waals surface area contributed by atoms with Crippen molar-refractivity contribution in [2.24, 2.45) is 0 Å². The van der Waals surface area contributed by atoms with E-state index in [4.69, 9.17) is 9.15 Å². The molecule has 1 aromatic carbocycles. The van der Waals surface area contributed by atoms with Gasteiger partial charge in [0, 0.05) is 23.7 Å². The van der Waals surface area contributed by atoms with Crippen LogP contribution in [0.5, 0.6) is 5.75 Å². The van der Waals surface area contributed by atoms with Crippen molar-refractivity contribution in [2.45, 2.75) is 32.9 Å². The van der Waals surface area contributed by atoms with Crippen LogP contribution in [0.4, 0.5) is 0 Å². The van der Waals surface area contributed by atoms with Crippen LogP contribution in [0.25, 0.3) is 11.0 Å². The summed E-state index contributed by atoms with van der Waals surface area (Å²) >= 11 is 0. The molecule has 0 unspecified atom stereocenters. The lowest BCUT2D eigenvalue weighted by atomic mass is 10.1. The molecule has 1 fully saturated rings. The van der Waals surface area contributed by atoms with Crippen molar-refractivity contribution in [1.82, 2.24) is 15.6 Å². The number of carbonyl (C=O) groups is 1. The molecule has 140 valence electrons. The third kappa shape index (κ3) is 3.80. The standard InChI is InChI=1S/C21H23N3O3/c1-13-4-3-5-16(23-13)12-26-17-6-7-19-18(10-17)20(14(2)27-19)21(25)24-15-8-9-22-11-15/h3-7,10,15,22H,8-9,11-12H2,1-2H3,(H,24,25)/t15-/m0/s1. The number of aryl methyl sites for hydroxylation is 2. The van der Waals surface area contributed by atoms with Gasteiger partial charge in [0.05, 0.1) is 11.3 Å². The summed E-state index contributed by atoms with van der Waals surface area (Å²) in [4.78, 5) is 17.2. The molecule has 1 amide bonds. The van der Waals surface area contributed by atoms with Crippen molar-refractivity contribution in [3.05, 3.63) is 59.1 Å². The monoisotopic (exact) mass is 365 g/mol. The molecule has 0 aliphatic carbocycles. The van der Waals surface area contributed by atoms with Crippen LogP contribution in [0.2, 0.25) is 0 Å². The average molecular weight is 365 g/mol. The molecule has 0 spiro atoms. The Labute approximate surface area is 157 Å². The quantitative estimate of drug-likeness (QED) is 0.727. The van der Waals surface area contributed by atoms with Gasteiger partial charge in [-0.15, -0.1) is 0 Å². The summed E-state index contributed by atoms with van der Waals surface area (Å²) in [6, 6.07) is 11.6. The van der Waals surface area contributed by atoms with E-state index in [9.17, 15) is 4.79 Å². The first kappa shape index (κ1) is 17.5. The summed E-state index contributed by atoms with van der Waals surface area (Å²) in [6.45, 7) is 5.88. The molecule has 1 aliphatic rings. The number of nitrogens with zero attached hydrogens (tertiary/aromatic N) is 1. The molecule has 0 radical (unpaired) electrons. The number of hydrogen-bond acceptors (Lipinski definition) is 5. The van der Waals surface area contributed by atoms with E-state index in [2.05, 4.69) is 15.6 Å². The Hall–Kier alpha value is -2.86. The van der Waals surface area contributed by atoms with Gasteiger partial charge in [0.1, 0.15) is 23.7 Å². The molecular weight excluding hydrogens is 342 g/mol. The van der Waals surface area contributed by atoms with Crippen LogP contribution in [0, 0.1) is 13.8 Å². The van der Waals surface area contributed by atoms with Gasteiger partial charge in [-0.05, 0) is 57.1 Å². The maximum absolute atomic E-state index is 12.8. The highest BCUT2D eigenvalue weighted by Gasteiger charge is 2.23. The van der Waals surface area contributed by atoms with E-state index < -0.39 is 0 Å². The lowest BCUT2D eigenvalue weighted by Crippen LogP contribution is -2.36. The van der Waals surface area contributed by atoms with Crippen LogP contribution in [-0.2, 0) is 6.61 Å². The Balaban J connectivity index is 1.56. The lowest BCUT2D eigenvalue weighted by molar-refractivity contribution is 0.0940. The molecule has 27 heavy (non-hydrogen) atoms. The van der Waals surface area contributed by atoms with Gasteiger partial charge in [-0.25, -0.2) is 0 Å². The summed E-state index contributed by atoms with van der Waals surface area (Å²) in [5, 5.41) is 7.11. The van der Waals surface area contributed by atoms with Crippen molar-refractivity contribution >= 4 is 16.9 Å². The summed E-state index contributed by atoms with van der Waals surface area (Å²) in [5.74, 6) is 1.20. The second-order valence-electron chi connectivity index (χ2n) is 6.91. The number of benzene rings is 1. The zero-order valence-electron chi connectivity index (χ0n) is 15.5. The molecule has 6 heteroatoms. The highest BCUT2D eigenvalue weighted by atomic mass is 16.5. The third-order valence-corrected chi connectivity index (χ3v) is 4.79. The van der Waals surface area contributed by atoms with Gasteiger partial charge in [-0.2, -0.15) is 0 Å². The Bertz CT molecular complexity index is 974. The van der Waals surface area contributed by atoms with E-state index in [-0.39, 0.29) is 11.9 Å². The zero-order chi connectivity index (χ0) is 18.8. The van der Waals surface area contributed by atoms with Gasteiger partial charge in [-0.3, -0.25) is 9.78 Å². The number of hydrogen-bond donors (Lipinski definition) is 2. The van der Waals surface area contributed by atoms with Crippen LogP contribution in [0.15, 0.2) is 40.8 Å². The van der Waals surface area contributed by atoms with Crippen LogP contribution < -0.4 is 15.4 Å². The molecule has 1 aliphatic heterocycles. The van der Waals surface area contributed by atoms with Gasteiger partial charge in [-0.1, -0.05) is 6.07 Å². The second kappa shape index (κ2) is 7.40. The van der Waals surface area contributed by atoms with Crippen molar-refractivity contribution in [3.63, 3.8) is 0 Å². The van der Waals surface area contributed by atoms with Gasteiger partial charge >= 0.3 is 0 Å². The molecule has 2 N–H and O–H groups in total. The predicted molar refractivity (Wildman–Crippen MR) is 103 cm³/mol. The van der Waals surface area contributed by atoms with Crippen molar-refractivity contribution < 1.29 is 13.9 Å². The fourth-order valence-corrected chi connectivity index (χ4v) is 3.44. The van der Waals surface area contributed by atoms with Crippen LogP contribution >= 0.6 is 0 Å². The molecule has 2 aromatic heterocycles. The molecule has 3 heterocycles. The number of furan rings is 1. The average Bonchev–Trinajstić information content (AvgIpc) is 3.26. The Morgan fingerprint density at radius 2 is 2.22 bits per heavy atom. The van der Waals surface area contributed by atoms with E-state index in [0.717, 1.165) is 36.3 Å². The number of amides is 1. The first-order valence-corrected chi connectivity index (χ1v) is 9.20. The number of carbonyl (C=O) groups excluding carboxylic acids is 1. The summed E-state index contributed by atoms with van der Waals surface area (Å²) < 4.78 is 11.7. The van der Waals surface area contributed by atoms with Crippen LogP contribution in [0.3, 0.4) is 0 Å². The maximum atomic E-state index is 12.8. The van der Waals surface area contributed by atoms with Gasteiger partial charge in [0.2, 0.25) is 0 Å². The number of fused-ring (bicyclic) bond motifs is 1. The van der Waals surface area contributed by atoms with Crippen molar-refractivity contribution in [3.8, 4) is 5.75 Å². The van der Waals surface area contributed by atoms with Crippen LogP contribution in [-0.4, -0.2) is 30.0 Å².